The van der Waals surface area contributed by atoms with Crippen LogP contribution in [0.2, 0.25) is 10.0 Å². The molecule has 150 valence electrons. The topological polar surface area (TPSA) is 49.0 Å². The van der Waals surface area contributed by atoms with Crippen LogP contribution in [0.5, 0.6) is 0 Å². The molecular weight excluding hydrogens is 417 g/mol. The minimum atomic E-state index is -0.382. The van der Waals surface area contributed by atoms with E-state index in [1.165, 1.54) is 0 Å². The Morgan fingerprint density at radius 1 is 1.00 bits per heavy atom. The maximum absolute atomic E-state index is 13.9. The van der Waals surface area contributed by atoms with Gasteiger partial charge in [0.05, 0.1) is 6.04 Å². The first-order chi connectivity index (χ1) is 14.5. The Labute approximate surface area is 185 Å². The molecule has 4 nitrogen and oxygen atoms in total. The Bertz CT molecular complexity index is 1140. The van der Waals surface area contributed by atoms with E-state index < -0.39 is 0 Å². The van der Waals surface area contributed by atoms with Crippen molar-refractivity contribution in [2.75, 3.05) is 4.90 Å². The molecule has 1 amide bonds. The zero-order valence-corrected chi connectivity index (χ0v) is 17.7. The summed E-state index contributed by atoms with van der Waals surface area (Å²) < 4.78 is 0. The number of H-pyrrole nitrogens is 1. The molecule has 0 aliphatic heterocycles. The van der Waals surface area contributed by atoms with Gasteiger partial charge in [-0.2, -0.15) is 0 Å². The molecule has 2 heterocycles. The van der Waals surface area contributed by atoms with Gasteiger partial charge in [0.25, 0.3) is 5.91 Å². The third kappa shape index (κ3) is 4.11. The Hall–Kier alpha value is -3.08. The molecule has 1 atom stereocenters. The fraction of sp³-hybridized carbons (Fsp3) is 0.0833. The number of aryl methyl sites for hydroxylation is 1. The fourth-order valence-corrected chi connectivity index (χ4v) is 4.05. The molecule has 2 aromatic carbocycles. The van der Waals surface area contributed by atoms with Crippen LogP contribution in [0.25, 0.3) is 0 Å². The van der Waals surface area contributed by atoms with E-state index in [0.717, 1.165) is 16.7 Å². The standard InChI is InChI=1S/C24H19Cl2N3O/c1-16-14-27-10-8-22(16)24(30)29(21-12-19(25)11-20(26)13-21)23(18-7-9-28-15-18)17-5-3-2-4-6-17/h2-15,23,28H,1H3. The van der Waals surface area contributed by atoms with E-state index in [2.05, 4.69) is 9.97 Å². The van der Waals surface area contributed by atoms with E-state index in [4.69, 9.17) is 23.2 Å². The van der Waals surface area contributed by atoms with Gasteiger partial charge in [0.1, 0.15) is 0 Å². The number of carbonyl (C=O) groups excluding carboxylic acids is 1. The van der Waals surface area contributed by atoms with E-state index in [-0.39, 0.29) is 11.9 Å². The van der Waals surface area contributed by atoms with Crippen LogP contribution in [0.4, 0.5) is 5.69 Å². The molecule has 1 N–H and O–H groups in total. The highest BCUT2D eigenvalue weighted by Gasteiger charge is 2.30. The number of halogens is 2. The SMILES string of the molecule is Cc1cnccc1C(=O)N(c1cc(Cl)cc(Cl)c1)C(c1ccccc1)c1cc[nH]c1. The molecule has 0 aliphatic rings. The van der Waals surface area contributed by atoms with Crippen LogP contribution in [0.15, 0.2) is 85.5 Å². The van der Waals surface area contributed by atoms with Crippen molar-refractivity contribution in [2.24, 2.45) is 0 Å². The second kappa shape index (κ2) is 8.74. The van der Waals surface area contributed by atoms with Crippen molar-refractivity contribution in [3.63, 3.8) is 0 Å². The van der Waals surface area contributed by atoms with Crippen LogP contribution in [-0.4, -0.2) is 15.9 Å². The Kier molecular flexibility index (Phi) is 5.88. The van der Waals surface area contributed by atoms with Crippen molar-refractivity contribution in [3.05, 3.63) is 118 Å². The molecular formula is C24H19Cl2N3O. The van der Waals surface area contributed by atoms with Gasteiger partial charge in [0.15, 0.2) is 0 Å². The zero-order valence-electron chi connectivity index (χ0n) is 16.2. The highest BCUT2D eigenvalue weighted by Crippen LogP contribution is 2.37. The zero-order chi connectivity index (χ0) is 21.1. The van der Waals surface area contributed by atoms with Gasteiger partial charge < -0.3 is 4.98 Å². The lowest BCUT2D eigenvalue weighted by molar-refractivity contribution is 0.0979. The van der Waals surface area contributed by atoms with Crippen LogP contribution >= 0.6 is 23.2 Å². The van der Waals surface area contributed by atoms with Crippen molar-refractivity contribution in [2.45, 2.75) is 13.0 Å². The number of anilines is 1. The summed E-state index contributed by atoms with van der Waals surface area (Å²) in [5.41, 5.74) is 3.88. The molecule has 6 heteroatoms. The second-order valence-electron chi connectivity index (χ2n) is 6.95. The van der Waals surface area contributed by atoms with Crippen molar-refractivity contribution >= 4 is 34.8 Å². The Morgan fingerprint density at radius 2 is 1.73 bits per heavy atom. The summed E-state index contributed by atoms with van der Waals surface area (Å²) in [5, 5.41) is 0.922. The predicted octanol–water partition coefficient (Wildman–Crippen LogP) is 6.46. The van der Waals surface area contributed by atoms with Gasteiger partial charge in [-0.25, -0.2) is 0 Å². The third-order valence-corrected chi connectivity index (χ3v) is 5.34. The van der Waals surface area contributed by atoms with Crippen LogP contribution < -0.4 is 4.90 Å². The first kappa shape index (κ1) is 20.2. The van der Waals surface area contributed by atoms with Gasteiger partial charge in [-0.1, -0.05) is 53.5 Å². The molecule has 0 fully saturated rings. The lowest BCUT2D eigenvalue weighted by atomic mass is 9.97. The van der Waals surface area contributed by atoms with Crippen LogP contribution in [0, 0.1) is 6.92 Å². The highest BCUT2D eigenvalue weighted by molar-refractivity contribution is 6.35. The summed E-state index contributed by atoms with van der Waals surface area (Å²) in [6.45, 7) is 1.87. The number of amides is 1. The molecule has 4 rings (SSSR count). The summed E-state index contributed by atoms with van der Waals surface area (Å²) in [6, 6.07) is 18.3. The molecule has 0 aliphatic carbocycles. The van der Waals surface area contributed by atoms with Gasteiger partial charge in [-0.05, 0) is 53.9 Å². The molecule has 0 saturated carbocycles. The third-order valence-electron chi connectivity index (χ3n) is 4.91. The molecule has 30 heavy (non-hydrogen) atoms. The molecule has 0 saturated heterocycles. The monoisotopic (exact) mass is 435 g/mol. The number of aromatic amines is 1. The number of hydrogen-bond donors (Lipinski definition) is 1. The number of nitrogens with zero attached hydrogens (tertiary/aromatic N) is 2. The lowest BCUT2D eigenvalue weighted by Gasteiger charge is -2.33. The molecule has 1 unspecified atom stereocenters. The molecule has 2 aromatic heterocycles. The van der Waals surface area contributed by atoms with Crippen molar-refractivity contribution in [3.8, 4) is 0 Å². The maximum atomic E-state index is 13.9. The van der Waals surface area contributed by atoms with Gasteiger partial charge in [-0.3, -0.25) is 14.7 Å². The van der Waals surface area contributed by atoms with E-state index >= 15 is 0 Å². The van der Waals surface area contributed by atoms with Crippen molar-refractivity contribution < 1.29 is 4.79 Å². The van der Waals surface area contributed by atoms with Gasteiger partial charge in [-0.15, -0.1) is 0 Å². The van der Waals surface area contributed by atoms with Crippen molar-refractivity contribution in [1.29, 1.82) is 0 Å². The average molecular weight is 436 g/mol. The number of nitrogens with one attached hydrogen (secondary N) is 1. The minimum Gasteiger partial charge on any atom is -0.367 e. The van der Waals surface area contributed by atoms with E-state index in [1.807, 2.05) is 55.7 Å². The normalized spacial score (nSPS) is 11.8. The number of benzene rings is 2. The van der Waals surface area contributed by atoms with Gasteiger partial charge in [0, 0.05) is 46.1 Å². The first-order valence-corrected chi connectivity index (χ1v) is 10.2. The van der Waals surface area contributed by atoms with E-state index in [0.29, 0.717) is 21.3 Å². The Morgan fingerprint density at radius 3 is 2.37 bits per heavy atom. The number of pyridine rings is 1. The summed E-state index contributed by atoms with van der Waals surface area (Å²) in [7, 11) is 0. The largest absolute Gasteiger partial charge is 0.367 e. The predicted molar refractivity (Wildman–Crippen MR) is 121 cm³/mol. The summed E-state index contributed by atoms with van der Waals surface area (Å²) >= 11 is 12.6. The number of hydrogen-bond acceptors (Lipinski definition) is 2. The average Bonchev–Trinajstić information content (AvgIpc) is 3.26. The molecule has 0 radical (unpaired) electrons. The summed E-state index contributed by atoms with van der Waals surface area (Å²) in [6.07, 6.45) is 7.04. The van der Waals surface area contributed by atoms with Crippen molar-refractivity contribution in [1.82, 2.24) is 9.97 Å². The molecule has 0 bridgehead atoms. The second-order valence-corrected chi connectivity index (χ2v) is 7.82. The number of rotatable bonds is 5. The van der Waals surface area contributed by atoms with Crippen LogP contribution in [0.1, 0.15) is 33.1 Å². The smallest absolute Gasteiger partial charge is 0.259 e. The van der Waals surface area contributed by atoms with Crippen LogP contribution in [0.3, 0.4) is 0 Å². The summed E-state index contributed by atoms with van der Waals surface area (Å²) in [4.78, 5) is 22.9. The summed E-state index contributed by atoms with van der Waals surface area (Å²) in [5.74, 6) is -0.164. The van der Waals surface area contributed by atoms with Gasteiger partial charge >= 0.3 is 0 Å². The fourth-order valence-electron chi connectivity index (χ4n) is 3.54. The number of carbonyl (C=O) groups is 1. The van der Waals surface area contributed by atoms with E-state index in [9.17, 15) is 4.79 Å². The lowest BCUT2D eigenvalue weighted by Crippen LogP contribution is -2.36. The molecule has 4 aromatic rings. The van der Waals surface area contributed by atoms with E-state index in [1.54, 1.807) is 41.6 Å². The molecule has 0 spiro atoms. The van der Waals surface area contributed by atoms with Crippen LogP contribution in [-0.2, 0) is 0 Å². The quantitative estimate of drug-likeness (QED) is 0.390. The maximum Gasteiger partial charge on any atom is 0.259 e. The minimum absolute atomic E-state index is 0.164. The highest BCUT2D eigenvalue weighted by atomic mass is 35.5. The van der Waals surface area contributed by atoms with Gasteiger partial charge in [0.2, 0.25) is 0 Å². The first-order valence-electron chi connectivity index (χ1n) is 9.42. The number of aromatic nitrogens is 2. The Balaban J connectivity index is 1.95.